The highest BCUT2D eigenvalue weighted by molar-refractivity contribution is 7.99. The van der Waals surface area contributed by atoms with Crippen molar-refractivity contribution in [2.45, 2.75) is 25.5 Å². The third-order valence-corrected chi connectivity index (χ3v) is 3.89. The number of hydrogen-bond donors (Lipinski definition) is 1. The molecule has 0 aliphatic heterocycles. The summed E-state index contributed by atoms with van der Waals surface area (Å²) in [6, 6.07) is 6.03. The van der Waals surface area contributed by atoms with Gasteiger partial charge in [0.1, 0.15) is 11.5 Å². The standard InChI is InChI=1S/C13H15N5O3S/c1-3-17-9(2)15-16-13(17)22-8-12(19)14-10-6-4-5-7-11(10)18(20)21/h4-7H,3,8H2,1-2H3,(H,14,19). The van der Waals surface area contributed by atoms with Crippen molar-refractivity contribution >= 4 is 29.0 Å². The molecular formula is C13H15N5O3S. The lowest BCUT2D eigenvalue weighted by molar-refractivity contribution is -0.383. The molecule has 0 aliphatic carbocycles. The quantitative estimate of drug-likeness (QED) is 0.497. The van der Waals surface area contributed by atoms with Gasteiger partial charge < -0.3 is 9.88 Å². The lowest BCUT2D eigenvalue weighted by Gasteiger charge is -2.06. The van der Waals surface area contributed by atoms with Crippen molar-refractivity contribution in [1.82, 2.24) is 14.8 Å². The summed E-state index contributed by atoms with van der Waals surface area (Å²) in [7, 11) is 0. The van der Waals surface area contributed by atoms with Crippen LogP contribution in [0.5, 0.6) is 0 Å². The Kier molecular flexibility index (Phi) is 5.10. The van der Waals surface area contributed by atoms with E-state index in [1.807, 2.05) is 18.4 Å². The smallest absolute Gasteiger partial charge is 0.292 e. The molecular weight excluding hydrogens is 306 g/mol. The van der Waals surface area contributed by atoms with Crippen LogP contribution in [0.3, 0.4) is 0 Å². The van der Waals surface area contributed by atoms with Crippen molar-refractivity contribution in [2.24, 2.45) is 0 Å². The average molecular weight is 321 g/mol. The van der Waals surface area contributed by atoms with Gasteiger partial charge in [-0.2, -0.15) is 0 Å². The normalized spacial score (nSPS) is 10.5. The third-order valence-electron chi connectivity index (χ3n) is 2.93. The minimum absolute atomic E-state index is 0.101. The number of carbonyl (C=O) groups is 1. The van der Waals surface area contributed by atoms with Crippen LogP contribution in [0, 0.1) is 17.0 Å². The van der Waals surface area contributed by atoms with E-state index in [9.17, 15) is 14.9 Å². The highest BCUT2D eigenvalue weighted by Gasteiger charge is 2.16. The molecule has 22 heavy (non-hydrogen) atoms. The first-order valence-corrected chi connectivity index (χ1v) is 7.57. The van der Waals surface area contributed by atoms with E-state index in [0.717, 1.165) is 5.82 Å². The number of anilines is 1. The lowest BCUT2D eigenvalue weighted by atomic mass is 10.2. The molecule has 1 aromatic heterocycles. The second-order valence-corrected chi connectivity index (χ2v) is 5.33. The Morgan fingerprint density at radius 3 is 2.82 bits per heavy atom. The minimum atomic E-state index is -0.528. The van der Waals surface area contributed by atoms with E-state index >= 15 is 0 Å². The van der Waals surface area contributed by atoms with Crippen LogP contribution in [0.15, 0.2) is 29.4 Å². The maximum absolute atomic E-state index is 12.0. The largest absolute Gasteiger partial charge is 0.320 e. The van der Waals surface area contributed by atoms with Gasteiger partial charge in [-0.05, 0) is 19.9 Å². The second-order valence-electron chi connectivity index (χ2n) is 4.39. The Hall–Kier alpha value is -2.42. The number of nitro groups is 1. The fourth-order valence-electron chi connectivity index (χ4n) is 1.89. The molecule has 0 spiro atoms. The number of nitrogens with zero attached hydrogens (tertiary/aromatic N) is 4. The summed E-state index contributed by atoms with van der Waals surface area (Å²) in [5, 5.41) is 22.1. The van der Waals surface area contributed by atoms with Crippen LogP contribution in [-0.4, -0.2) is 31.3 Å². The summed E-state index contributed by atoms with van der Waals surface area (Å²) < 4.78 is 1.89. The topological polar surface area (TPSA) is 103 Å². The molecule has 1 aromatic carbocycles. The number of carbonyl (C=O) groups excluding carboxylic acids is 1. The van der Waals surface area contributed by atoms with Crippen LogP contribution in [0.1, 0.15) is 12.7 Å². The maximum atomic E-state index is 12.0. The fourth-order valence-corrected chi connectivity index (χ4v) is 2.74. The van der Waals surface area contributed by atoms with E-state index in [1.165, 1.54) is 23.9 Å². The molecule has 0 fully saturated rings. The predicted molar refractivity (Wildman–Crippen MR) is 82.9 cm³/mol. The number of para-hydroxylation sites is 2. The van der Waals surface area contributed by atoms with Gasteiger partial charge in [-0.1, -0.05) is 23.9 Å². The molecule has 2 aromatic rings. The van der Waals surface area contributed by atoms with Crippen molar-refractivity contribution < 1.29 is 9.72 Å². The van der Waals surface area contributed by atoms with Gasteiger partial charge in [-0.25, -0.2) is 0 Å². The first kappa shape index (κ1) is 16.0. The monoisotopic (exact) mass is 321 g/mol. The molecule has 0 aliphatic rings. The van der Waals surface area contributed by atoms with Gasteiger partial charge in [-0.3, -0.25) is 14.9 Å². The maximum Gasteiger partial charge on any atom is 0.292 e. The predicted octanol–water partition coefficient (Wildman–Crippen LogP) is 2.25. The number of aromatic nitrogens is 3. The molecule has 116 valence electrons. The summed E-state index contributed by atoms with van der Waals surface area (Å²) >= 11 is 1.24. The van der Waals surface area contributed by atoms with Crippen molar-refractivity contribution in [1.29, 1.82) is 0 Å². The molecule has 1 amide bonds. The van der Waals surface area contributed by atoms with Crippen molar-refractivity contribution in [3.63, 3.8) is 0 Å². The lowest BCUT2D eigenvalue weighted by Crippen LogP contribution is -2.15. The van der Waals surface area contributed by atoms with Crippen LogP contribution in [0.25, 0.3) is 0 Å². The second kappa shape index (κ2) is 7.03. The summed E-state index contributed by atoms with van der Waals surface area (Å²) in [6.45, 7) is 4.52. The van der Waals surface area contributed by atoms with Crippen LogP contribution < -0.4 is 5.32 Å². The van der Waals surface area contributed by atoms with Gasteiger partial charge in [0.15, 0.2) is 5.16 Å². The van der Waals surface area contributed by atoms with Gasteiger partial charge in [0, 0.05) is 12.6 Å². The first-order chi connectivity index (χ1) is 10.5. The minimum Gasteiger partial charge on any atom is -0.320 e. The van der Waals surface area contributed by atoms with Crippen LogP contribution in [-0.2, 0) is 11.3 Å². The van der Waals surface area contributed by atoms with E-state index in [4.69, 9.17) is 0 Å². The fraction of sp³-hybridized carbons (Fsp3) is 0.308. The van der Waals surface area contributed by atoms with E-state index in [-0.39, 0.29) is 23.0 Å². The zero-order valence-corrected chi connectivity index (χ0v) is 13.0. The number of nitrogens with one attached hydrogen (secondary N) is 1. The molecule has 0 saturated heterocycles. The summed E-state index contributed by atoms with van der Waals surface area (Å²) in [4.78, 5) is 22.3. The highest BCUT2D eigenvalue weighted by atomic mass is 32.2. The Labute approximate surface area is 131 Å². The Bertz CT molecular complexity index is 701. The first-order valence-electron chi connectivity index (χ1n) is 6.58. The number of amides is 1. The third kappa shape index (κ3) is 3.61. The van der Waals surface area contributed by atoms with E-state index in [0.29, 0.717) is 11.7 Å². The summed E-state index contributed by atoms with van der Waals surface area (Å²) in [5.74, 6) is 0.552. The molecule has 9 heteroatoms. The van der Waals surface area contributed by atoms with Gasteiger partial charge in [0.05, 0.1) is 10.7 Å². The van der Waals surface area contributed by atoms with Crippen LogP contribution in [0.2, 0.25) is 0 Å². The van der Waals surface area contributed by atoms with Crippen molar-refractivity contribution in [3.8, 4) is 0 Å². The zero-order valence-electron chi connectivity index (χ0n) is 12.1. The number of nitro benzene ring substituents is 1. The highest BCUT2D eigenvalue weighted by Crippen LogP contribution is 2.24. The Balaban J connectivity index is 2.01. The van der Waals surface area contributed by atoms with E-state index in [2.05, 4.69) is 15.5 Å². The molecule has 1 N–H and O–H groups in total. The number of hydrogen-bond acceptors (Lipinski definition) is 6. The van der Waals surface area contributed by atoms with Gasteiger partial charge in [0.25, 0.3) is 5.69 Å². The molecule has 0 radical (unpaired) electrons. The number of aryl methyl sites for hydroxylation is 1. The van der Waals surface area contributed by atoms with Crippen LogP contribution >= 0.6 is 11.8 Å². The summed E-state index contributed by atoms with van der Waals surface area (Å²) in [6.07, 6.45) is 0. The molecule has 8 nitrogen and oxygen atoms in total. The van der Waals surface area contributed by atoms with Crippen LogP contribution in [0.4, 0.5) is 11.4 Å². The molecule has 1 heterocycles. The molecule has 0 saturated carbocycles. The zero-order chi connectivity index (χ0) is 16.1. The molecule has 0 bridgehead atoms. The Morgan fingerprint density at radius 2 is 2.14 bits per heavy atom. The number of rotatable bonds is 6. The van der Waals surface area contributed by atoms with Gasteiger partial charge >= 0.3 is 0 Å². The Morgan fingerprint density at radius 1 is 1.41 bits per heavy atom. The van der Waals surface area contributed by atoms with Gasteiger partial charge in [-0.15, -0.1) is 10.2 Å². The molecule has 0 atom stereocenters. The van der Waals surface area contributed by atoms with Gasteiger partial charge in [0.2, 0.25) is 5.91 Å². The SMILES string of the molecule is CCn1c(C)nnc1SCC(=O)Nc1ccccc1[N+](=O)[O-]. The summed E-state index contributed by atoms with van der Waals surface area (Å²) in [5.41, 5.74) is 0.0552. The van der Waals surface area contributed by atoms with Crippen molar-refractivity contribution in [2.75, 3.05) is 11.1 Å². The number of thioether (sulfide) groups is 1. The molecule has 0 unspecified atom stereocenters. The van der Waals surface area contributed by atoms with Crippen molar-refractivity contribution in [3.05, 3.63) is 40.2 Å². The van der Waals surface area contributed by atoms with E-state index < -0.39 is 4.92 Å². The average Bonchev–Trinajstić information content (AvgIpc) is 2.85. The molecule has 2 rings (SSSR count). The van der Waals surface area contributed by atoms with E-state index in [1.54, 1.807) is 12.1 Å². The number of benzene rings is 1.